The van der Waals surface area contributed by atoms with Gasteiger partial charge in [0.25, 0.3) is 0 Å². The summed E-state index contributed by atoms with van der Waals surface area (Å²) < 4.78 is 58.6. The summed E-state index contributed by atoms with van der Waals surface area (Å²) in [7, 11) is 0. The molecule has 3 heterocycles. The van der Waals surface area contributed by atoms with Crippen molar-refractivity contribution in [2.24, 2.45) is 0 Å². The van der Waals surface area contributed by atoms with E-state index in [2.05, 4.69) is 19.7 Å². The molecule has 0 bridgehead atoms. The van der Waals surface area contributed by atoms with Crippen LogP contribution < -0.4 is 0 Å². The van der Waals surface area contributed by atoms with Crippen molar-refractivity contribution in [1.82, 2.24) is 19.5 Å². The number of rotatable bonds is 5. The lowest BCUT2D eigenvalue weighted by Gasteiger charge is -2.23. The summed E-state index contributed by atoms with van der Waals surface area (Å²) in [5, 5.41) is 0.0317. The van der Waals surface area contributed by atoms with Crippen LogP contribution in [0.3, 0.4) is 0 Å². The van der Waals surface area contributed by atoms with E-state index in [4.69, 9.17) is 25.8 Å². The van der Waals surface area contributed by atoms with Gasteiger partial charge >= 0.3 is 18.3 Å². The zero-order valence-corrected chi connectivity index (χ0v) is 15.7. The topological polar surface area (TPSA) is 115 Å². The average molecular weight is 439 g/mol. The number of aromatic nitrogens is 4. The van der Waals surface area contributed by atoms with Crippen LogP contribution in [-0.4, -0.2) is 62.7 Å². The first-order valence-electron chi connectivity index (χ1n) is 8.10. The van der Waals surface area contributed by atoms with Gasteiger partial charge in [-0.1, -0.05) is 11.6 Å². The number of hydrogen-bond acceptors (Lipinski definition) is 9. The Labute approximate surface area is 165 Å². The highest BCUT2D eigenvalue weighted by atomic mass is 35.5. The van der Waals surface area contributed by atoms with Crippen LogP contribution in [0.25, 0.3) is 11.2 Å². The van der Waals surface area contributed by atoms with E-state index in [9.17, 15) is 22.8 Å². The Balaban J connectivity index is 1.99. The van der Waals surface area contributed by atoms with Gasteiger partial charge in [-0.25, -0.2) is 15.0 Å². The Morgan fingerprint density at radius 3 is 2.45 bits per heavy atom. The minimum Gasteiger partial charge on any atom is -0.456 e. The van der Waals surface area contributed by atoms with Gasteiger partial charge in [-0.15, -0.1) is 13.2 Å². The summed E-state index contributed by atoms with van der Waals surface area (Å²) in [4.78, 5) is 34.9. The largest absolute Gasteiger partial charge is 0.522 e. The molecule has 0 aromatic carbocycles. The maximum atomic E-state index is 12.5. The van der Waals surface area contributed by atoms with Gasteiger partial charge < -0.3 is 14.2 Å². The van der Waals surface area contributed by atoms with Gasteiger partial charge in [-0.2, -0.15) is 0 Å². The van der Waals surface area contributed by atoms with Crippen LogP contribution in [0.5, 0.6) is 0 Å². The van der Waals surface area contributed by atoms with Crippen molar-refractivity contribution in [3.05, 3.63) is 17.8 Å². The van der Waals surface area contributed by atoms with Gasteiger partial charge in [-0.05, 0) is 0 Å². The summed E-state index contributed by atoms with van der Waals surface area (Å²) in [6.07, 6.45) is -7.85. The molecule has 1 aliphatic rings. The first-order chi connectivity index (χ1) is 13.6. The third kappa shape index (κ3) is 4.74. The van der Waals surface area contributed by atoms with Crippen molar-refractivity contribution in [3.63, 3.8) is 0 Å². The van der Waals surface area contributed by atoms with Crippen molar-refractivity contribution in [2.45, 2.75) is 44.7 Å². The monoisotopic (exact) mass is 438 g/mol. The molecular formula is C15H14ClF3N4O6. The Hall–Kier alpha value is -2.51. The van der Waals surface area contributed by atoms with Crippen LogP contribution in [0.2, 0.25) is 5.15 Å². The molecule has 29 heavy (non-hydrogen) atoms. The minimum atomic E-state index is -4.94. The molecule has 3 rings (SSSR count). The quantitative estimate of drug-likeness (QED) is 0.508. The Morgan fingerprint density at radius 2 is 1.83 bits per heavy atom. The molecule has 2 aromatic rings. The third-order valence-corrected chi connectivity index (χ3v) is 4.17. The molecule has 0 amide bonds. The number of esters is 2. The second-order valence-corrected chi connectivity index (χ2v) is 6.32. The molecule has 4 unspecified atom stereocenters. The number of hydrogen-bond donors (Lipinski definition) is 0. The molecule has 4 atom stereocenters. The molecule has 1 saturated heterocycles. The van der Waals surface area contributed by atoms with Gasteiger partial charge in [0, 0.05) is 13.8 Å². The van der Waals surface area contributed by atoms with Crippen molar-refractivity contribution >= 4 is 34.7 Å². The number of fused-ring (bicyclic) bond motifs is 1. The van der Waals surface area contributed by atoms with E-state index >= 15 is 0 Å². The van der Waals surface area contributed by atoms with Crippen LogP contribution in [-0.2, 0) is 28.5 Å². The fourth-order valence-electron chi connectivity index (χ4n) is 2.90. The molecule has 1 aliphatic heterocycles. The van der Waals surface area contributed by atoms with E-state index in [-0.39, 0.29) is 16.3 Å². The molecule has 0 radical (unpaired) electrons. The first kappa shape index (κ1) is 21.2. The molecule has 0 aliphatic carbocycles. The van der Waals surface area contributed by atoms with E-state index < -0.39 is 49.4 Å². The highest BCUT2D eigenvalue weighted by Gasteiger charge is 2.51. The van der Waals surface area contributed by atoms with Crippen LogP contribution in [0.15, 0.2) is 12.7 Å². The van der Waals surface area contributed by atoms with E-state index in [0.29, 0.717) is 0 Å². The summed E-state index contributed by atoms with van der Waals surface area (Å²) in [6.45, 7) is 1.14. The normalized spacial score (nSPS) is 24.6. The highest BCUT2D eigenvalue weighted by Crippen LogP contribution is 2.37. The molecule has 0 N–H and O–H groups in total. The number of halogens is 4. The molecule has 0 saturated carbocycles. The second-order valence-electron chi connectivity index (χ2n) is 5.96. The van der Waals surface area contributed by atoms with Gasteiger partial charge in [0.1, 0.15) is 17.9 Å². The van der Waals surface area contributed by atoms with Crippen LogP contribution >= 0.6 is 11.6 Å². The Bertz CT molecular complexity index is 923. The summed E-state index contributed by atoms with van der Waals surface area (Å²) in [5.74, 6) is -1.58. The van der Waals surface area contributed by atoms with E-state index in [0.717, 1.165) is 20.2 Å². The number of carbonyl (C=O) groups excluding carboxylic acids is 2. The molecule has 14 heteroatoms. The first-order valence-corrected chi connectivity index (χ1v) is 8.48. The molecule has 1 fully saturated rings. The number of carbonyl (C=O) groups is 2. The summed E-state index contributed by atoms with van der Waals surface area (Å²) in [5.41, 5.74) is 0.365. The van der Waals surface area contributed by atoms with E-state index in [1.807, 2.05) is 0 Å². The maximum absolute atomic E-state index is 12.5. The molecule has 0 spiro atoms. The third-order valence-electron chi connectivity index (χ3n) is 3.89. The molecular weight excluding hydrogens is 425 g/mol. The van der Waals surface area contributed by atoms with Crippen molar-refractivity contribution in [1.29, 1.82) is 0 Å². The number of nitrogens with zero attached hydrogens (tertiary/aromatic N) is 4. The lowest BCUT2D eigenvalue weighted by molar-refractivity contribution is -0.333. The molecule has 2 aromatic heterocycles. The van der Waals surface area contributed by atoms with Gasteiger partial charge in [0.2, 0.25) is 0 Å². The standard InChI is InChI=1S/C15H14ClF3N4O6/c1-6(24)27-10-8(3-26-15(17,18)19)29-14(11(10)28-7(2)25)23-5-22-9-12(16)20-4-21-13(9)23/h4-5,8,10-11,14H,3H2,1-2H3. The Kier molecular flexibility index (Phi) is 5.91. The van der Waals surface area contributed by atoms with E-state index in [1.54, 1.807) is 0 Å². The van der Waals surface area contributed by atoms with Crippen molar-refractivity contribution < 1.29 is 41.7 Å². The van der Waals surface area contributed by atoms with Gasteiger partial charge in [0.05, 0.1) is 12.9 Å². The van der Waals surface area contributed by atoms with Gasteiger partial charge in [0.15, 0.2) is 29.2 Å². The number of imidazole rings is 1. The van der Waals surface area contributed by atoms with Crippen LogP contribution in [0.4, 0.5) is 13.2 Å². The zero-order valence-electron chi connectivity index (χ0n) is 14.9. The van der Waals surface area contributed by atoms with Crippen molar-refractivity contribution in [3.8, 4) is 0 Å². The Morgan fingerprint density at radius 1 is 1.17 bits per heavy atom. The second kappa shape index (κ2) is 8.08. The summed E-state index contributed by atoms with van der Waals surface area (Å²) >= 11 is 5.96. The lowest BCUT2D eigenvalue weighted by Crippen LogP contribution is -2.41. The predicted molar refractivity (Wildman–Crippen MR) is 87.4 cm³/mol. The maximum Gasteiger partial charge on any atom is 0.522 e. The zero-order chi connectivity index (χ0) is 21.3. The van der Waals surface area contributed by atoms with Crippen LogP contribution in [0, 0.1) is 0 Å². The minimum absolute atomic E-state index is 0.0317. The van der Waals surface area contributed by atoms with Gasteiger partial charge in [-0.3, -0.25) is 18.9 Å². The van der Waals surface area contributed by atoms with Crippen LogP contribution in [0.1, 0.15) is 20.1 Å². The number of alkyl halides is 3. The highest BCUT2D eigenvalue weighted by molar-refractivity contribution is 6.33. The lowest BCUT2D eigenvalue weighted by atomic mass is 10.1. The van der Waals surface area contributed by atoms with Crippen molar-refractivity contribution in [2.75, 3.05) is 6.61 Å². The number of ether oxygens (including phenoxy) is 4. The molecule has 10 nitrogen and oxygen atoms in total. The fourth-order valence-corrected chi connectivity index (χ4v) is 3.08. The summed E-state index contributed by atoms with van der Waals surface area (Å²) in [6, 6.07) is 0. The fraction of sp³-hybridized carbons (Fsp3) is 0.533. The molecule has 158 valence electrons. The predicted octanol–water partition coefficient (Wildman–Crippen LogP) is 1.78. The SMILES string of the molecule is CC(=O)OC1C(COC(F)(F)F)OC(n2cnc3c(Cl)ncnc32)C1OC(C)=O. The average Bonchev–Trinajstić information content (AvgIpc) is 3.15. The smallest absolute Gasteiger partial charge is 0.456 e. The van der Waals surface area contributed by atoms with E-state index in [1.165, 1.54) is 10.9 Å².